The molecule has 7 N–H and O–H groups in total. The summed E-state index contributed by atoms with van der Waals surface area (Å²) in [4.78, 5) is 23.4. The van der Waals surface area contributed by atoms with Gasteiger partial charge in [0.05, 0.1) is 12.2 Å². The van der Waals surface area contributed by atoms with E-state index in [-0.39, 0.29) is 6.61 Å². The van der Waals surface area contributed by atoms with Gasteiger partial charge in [0.1, 0.15) is 48.8 Å². The Morgan fingerprint density at radius 1 is 0.692 bits per heavy atom. The van der Waals surface area contributed by atoms with Crippen molar-refractivity contribution < 1.29 is 78.5 Å². The van der Waals surface area contributed by atoms with E-state index in [1.807, 2.05) is 0 Å². The predicted octanol–water partition coefficient (Wildman–Crippen LogP) is -3.42. The van der Waals surface area contributed by atoms with E-state index in [0.29, 0.717) is 6.42 Å². The maximum absolute atomic E-state index is 12.0. The van der Waals surface area contributed by atoms with Gasteiger partial charge < -0.3 is 68.9 Å². The second-order valence-electron chi connectivity index (χ2n) is 9.77. The summed E-state index contributed by atoms with van der Waals surface area (Å²) in [7, 11) is 0. The molecule has 3 aliphatic rings. The first kappa shape index (κ1) is 32.0. The highest BCUT2D eigenvalue weighted by Gasteiger charge is 2.55. The highest BCUT2D eigenvalue weighted by atomic mass is 16.8. The Labute approximate surface area is 223 Å². The molecule has 3 saturated heterocycles. The smallest absolute Gasteiger partial charge is 0.335 e. The van der Waals surface area contributed by atoms with Crippen LogP contribution in [0.1, 0.15) is 34.1 Å². The van der Waals surface area contributed by atoms with E-state index < -0.39 is 104 Å². The lowest BCUT2D eigenvalue weighted by Crippen LogP contribution is -2.66. The second kappa shape index (κ2) is 13.4. The number of aliphatic carboxylic acids is 1. The number of carboxylic acid groups (broad SMARTS) is 1. The molecule has 0 aromatic heterocycles. The van der Waals surface area contributed by atoms with Crippen LogP contribution in [0.15, 0.2) is 0 Å². The van der Waals surface area contributed by atoms with Gasteiger partial charge in [-0.3, -0.25) is 4.79 Å². The fraction of sp³-hybridized carbons (Fsp3) is 0.913. The summed E-state index contributed by atoms with van der Waals surface area (Å²) in [6, 6.07) is 0. The van der Waals surface area contributed by atoms with E-state index in [2.05, 4.69) is 0 Å². The summed E-state index contributed by atoms with van der Waals surface area (Å²) >= 11 is 0. The van der Waals surface area contributed by atoms with Crippen LogP contribution in [-0.2, 0) is 42.7 Å². The zero-order chi connectivity index (χ0) is 29.2. The van der Waals surface area contributed by atoms with Crippen LogP contribution >= 0.6 is 0 Å². The number of carbonyl (C=O) groups is 2. The molecule has 226 valence electrons. The van der Waals surface area contributed by atoms with Crippen molar-refractivity contribution in [3.8, 4) is 0 Å². The minimum absolute atomic E-state index is 0.112. The van der Waals surface area contributed by atoms with Crippen LogP contribution in [-0.4, -0.2) is 146 Å². The van der Waals surface area contributed by atoms with Crippen molar-refractivity contribution in [3.05, 3.63) is 0 Å². The number of carbonyl (C=O) groups excluding carboxylic acids is 1. The molecular weight excluding hydrogens is 532 g/mol. The maximum Gasteiger partial charge on any atom is 0.335 e. The molecule has 0 amide bonds. The van der Waals surface area contributed by atoms with Crippen molar-refractivity contribution >= 4 is 11.9 Å². The van der Waals surface area contributed by atoms with Gasteiger partial charge in [0.2, 0.25) is 0 Å². The quantitative estimate of drug-likeness (QED) is 0.134. The van der Waals surface area contributed by atoms with Crippen molar-refractivity contribution in [1.82, 2.24) is 0 Å². The van der Waals surface area contributed by atoms with Gasteiger partial charge in [0, 0.05) is 13.5 Å². The second-order valence-corrected chi connectivity index (χ2v) is 9.77. The molecular formula is C23H38O16. The van der Waals surface area contributed by atoms with Crippen molar-refractivity contribution in [1.29, 1.82) is 0 Å². The third-order valence-corrected chi connectivity index (χ3v) is 6.72. The Morgan fingerprint density at radius 2 is 1.26 bits per heavy atom. The molecule has 0 unspecified atom stereocenters. The predicted molar refractivity (Wildman–Crippen MR) is 123 cm³/mol. The summed E-state index contributed by atoms with van der Waals surface area (Å²) < 4.78 is 38.1. The molecule has 15 atom stereocenters. The largest absolute Gasteiger partial charge is 0.479 e. The van der Waals surface area contributed by atoms with E-state index in [9.17, 15) is 45.3 Å². The number of ether oxygens (including phenoxy) is 7. The Kier molecular flexibility index (Phi) is 11.0. The third kappa shape index (κ3) is 7.03. The fourth-order valence-electron chi connectivity index (χ4n) is 4.57. The average molecular weight is 571 g/mol. The van der Waals surface area contributed by atoms with E-state index in [0.717, 1.165) is 6.92 Å². The zero-order valence-electron chi connectivity index (χ0n) is 21.9. The molecule has 16 heteroatoms. The lowest BCUT2D eigenvalue weighted by atomic mass is 9.96. The zero-order valence-corrected chi connectivity index (χ0v) is 21.9. The summed E-state index contributed by atoms with van der Waals surface area (Å²) in [5.74, 6) is -2.36. The van der Waals surface area contributed by atoms with Gasteiger partial charge in [-0.1, -0.05) is 6.92 Å². The molecule has 0 aromatic rings. The number of rotatable bonds is 9. The number of hydrogen-bond acceptors (Lipinski definition) is 15. The monoisotopic (exact) mass is 570 g/mol. The van der Waals surface area contributed by atoms with E-state index in [4.69, 9.17) is 33.2 Å². The van der Waals surface area contributed by atoms with Crippen LogP contribution in [0.5, 0.6) is 0 Å². The SMILES string of the molecule is CCCO[C@@H]1O[C@H](C(=O)O)[C@H](O[C@@H]2O[C@@H](C)[C@H](O)[C@@H](O)[C@H]2O[C@@H]2O[C@@H](C)[C@H](O)[C@@H](OC(C)=O)[C@H]2O)[C@H](O)[C@H]1O. The minimum Gasteiger partial charge on any atom is -0.479 e. The molecule has 39 heavy (non-hydrogen) atoms. The molecule has 0 aromatic carbocycles. The lowest BCUT2D eigenvalue weighted by Gasteiger charge is -2.48. The topological polar surface area (TPSA) is 240 Å². The van der Waals surface area contributed by atoms with Crippen LogP contribution < -0.4 is 0 Å². The molecule has 0 spiro atoms. The summed E-state index contributed by atoms with van der Waals surface area (Å²) in [5, 5.41) is 73.1. The first-order valence-electron chi connectivity index (χ1n) is 12.7. The normalized spacial score (nSPS) is 47.0. The lowest BCUT2D eigenvalue weighted by molar-refractivity contribution is -0.382. The van der Waals surface area contributed by atoms with E-state index >= 15 is 0 Å². The van der Waals surface area contributed by atoms with Crippen LogP contribution in [0.3, 0.4) is 0 Å². The Hall–Kier alpha value is -1.54. The van der Waals surface area contributed by atoms with Crippen molar-refractivity contribution in [3.63, 3.8) is 0 Å². The molecule has 0 saturated carbocycles. The number of hydrogen-bond donors (Lipinski definition) is 7. The molecule has 0 radical (unpaired) electrons. The van der Waals surface area contributed by atoms with Crippen molar-refractivity contribution in [2.75, 3.05) is 6.61 Å². The highest BCUT2D eigenvalue weighted by Crippen LogP contribution is 2.33. The highest BCUT2D eigenvalue weighted by molar-refractivity contribution is 5.73. The van der Waals surface area contributed by atoms with Crippen LogP contribution in [0, 0.1) is 0 Å². The first-order chi connectivity index (χ1) is 18.3. The minimum atomic E-state index is -1.86. The van der Waals surface area contributed by atoms with Crippen molar-refractivity contribution in [2.24, 2.45) is 0 Å². The number of carboxylic acids is 1. The average Bonchev–Trinajstić information content (AvgIpc) is 2.87. The summed E-state index contributed by atoms with van der Waals surface area (Å²) in [6.45, 7) is 5.75. The molecule has 3 fully saturated rings. The summed E-state index contributed by atoms with van der Waals surface area (Å²) in [6.07, 6.45) is -23.2. The number of esters is 1. The Morgan fingerprint density at radius 3 is 1.85 bits per heavy atom. The maximum atomic E-state index is 12.0. The van der Waals surface area contributed by atoms with Gasteiger partial charge in [0.15, 0.2) is 31.1 Å². The molecule has 3 heterocycles. The fourth-order valence-corrected chi connectivity index (χ4v) is 4.57. The van der Waals surface area contributed by atoms with Crippen LogP contribution in [0.2, 0.25) is 0 Å². The molecule has 0 aliphatic carbocycles. The van der Waals surface area contributed by atoms with Crippen molar-refractivity contribution in [2.45, 2.75) is 126 Å². The van der Waals surface area contributed by atoms with E-state index in [1.54, 1.807) is 6.92 Å². The number of aliphatic hydroxyl groups is 6. The molecule has 16 nitrogen and oxygen atoms in total. The summed E-state index contributed by atoms with van der Waals surface area (Å²) in [5.41, 5.74) is 0. The molecule has 3 rings (SSSR count). The standard InChI is InChI=1S/C23H38O16/c1-5-6-33-21-14(29)13(28)17(19(39-21)20(31)32)37-23-18(12(27)10(25)7(2)35-23)38-22-15(30)16(36-9(4)24)11(26)8(3)34-22/h7-8,10-19,21-23,25-30H,5-6H2,1-4H3,(H,31,32)/t7-,8-,10-,11-,12+,13+,14+,15+,16+,17+,18+,19-,21+,22-,23-/m0/s1. The third-order valence-electron chi connectivity index (χ3n) is 6.72. The van der Waals surface area contributed by atoms with Gasteiger partial charge in [-0.25, -0.2) is 4.79 Å². The van der Waals surface area contributed by atoms with Gasteiger partial charge in [-0.05, 0) is 20.3 Å². The Balaban J connectivity index is 1.84. The van der Waals surface area contributed by atoms with Gasteiger partial charge in [-0.2, -0.15) is 0 Å². The van der Waals surface area contributed by atoms with Crippen LogP contribution in [0.25, 0.3) is 0 Å². The first-order valence-corrected chi connectivity index (χ1v) is 12.7. The van der Waals surface area contributed by atoms with Gasteiger partial charge >= 0.3 is 11.9 Å². The van der Waals surface area contributed by atoms with Gasteiger partial charge in [0.25, 0.3) is 0 Å². The van der Waals surface area contributed by atoms with E-state index in [1.165, 1.54) is 13.8 Å². The van der Waals surface area contributed by atoms with Gasteiger partial charge in [-0.15, -0.1) is 0 Å². The Bertz CT molecular complexity index is 828. The number of aliphatic hydroxyl groups excluding tert-OH is 6. The van der Waals surface area contributed by atoms with Crippen LogP contribution in [0.4, 0.5) is 0 Å². The molecule has 3 aliphatic heterocycles. The molecule has 0 bridgehead atoms.